The average molecular weight is 406 g/mol. The van der Waals surface area contributed by atoms with Gasteiger partial charge in [-0.1, -0.05) is 48.5 Å². The fourth-order valence-electron chi connectivity index (χ4n) is 3.74. The molecule has 0 aromatic heterocycles. The monoisotopic (exact) mass is 405 g/mol. The summed E-state index contributed by atoms with van der Waals surface area (Å²) >= 11 is 0. The summed E-state index contributed by atoms with van der Waals surface area (Å²) in [5.74, 6) is 0.576. The first-order chi connectivity index (χ1) is 14.0. The lowest BCUT2D eigenvalue weighted by Gasteiger charge is -2.13. The zero-order chi connectivity index (χ0) is 20.4. The highest BCUT2D eigenvalue weighted by atomic mass is 32.2. The Labute approximate surface area is 173 Å². The molecule has 2 atom stereocenters. The van der Waals surface area contributed by atoms with Gasteiger partial charge in [0, 0.05) is 6.42 Å². The number of nitrogens with one attached hydrogen (secondary N) is 1. The van der Waals surface area contributed by atoms with Gasteiger partial charge in [-0.3, -0.25) is 9.52 Å². The van der Waals surface area contributed by atoms with Gasteiger partial charge >= 0.3 is 0 Å². The van der Waals surface area contributed by atoms with Gasteiger partial charge in [0.15, 0.2) is 0 Å². The molecule has 1 aliphatic heterocycles. The lowest BCUT2D eigenvalue weighted by molar-refractivity contribution is -0.118. The van der Waals surface area contributed by atoms with Crippen molar-refractivity contribution in [2.45, 2.75) is 32.1 Å². The van der Waals surface area contributed by atoms with E-state index in [1.807, 2.05) is 24.3 Å². The zero-order valence-electron chi connectivity index (χ0n) is 16.5. The molecular formula is C24H23NO3S. The van der Waals surface area contributed by atoms with Crippen molar-refractivity contribution in [2.75, 3.05) is 0 Å². The van der Waals surface area contributed by atoms with E-state index in [1.165, 1.54) is 22.3 Å². The van der Waals surface area contributed by atoms with E-state index >= 15 is 0 Å². The molecule has 3 aromatic rings. The van der Waals surface area contributed by atoms with Crippen molar-refractivity contribution in [3.05, 3.63) is 89.0 Å². The summed E-state index contributed by atoms with van der Waals surface area (Å²) in [6.45, 7) is 4.73. The van der Waals surface area contributed by atoms with E-state index < -0.39 is 11.0 Å². The fourth-order valence-corrected chi connectivity index (χ4v) is 4.90. The number of hydrogen-bond donors (Lipinski definition) is 1. The van der Waals surface area contributed by atoms with Crippen molar-refractivity contribution in [1.29, 1.82) is 0 Å². The standard InChI is InChI=1S/C24H23NO3S/c1-16-5-3-6-17(2)24(16)20-8-4-7-18(13-20)15-28-21-11-9-19(10-12-21)22-14-23(26)25-29(22)27/h3-13,22H,14-15H2,1-2H3,(H,25,26). The molecule has 3 aromatic carbocycles. The molecule has 1 heterocycles. The Bertz CT molecular complexity index is 1060. The lowest BCUT2D eigenvalue weighted by atomic mass is 9.95. The van der Waals surface area contributed by atoms with Crippen LogP contribution >= 0.6 is 0 Å². The fraction of sp³-hybridized carbons (Fsp3) is 0.208. The quantitative estimate of drug-likeness (QED) is 0.665. The van der Waals surface area contributed by atoms with E-state index in [0.29, 0.717) is 6.61 Å². The molecule has 0 bridgehead atoms. The number of carbonyl (C=O) groups is 1. The summed E-state index contributed by atoms with van der Waals surface area (Å²) in [6.07, 6.45) is 0.262. The van der Waals surface area contributed by atoms with Crippen LogP contribution in [0.15, 0.2) is 66.7 Å². The van der Waals surface area contributed by atoms with Crippen LogP contribution in [-0.2, 0) is 22.4 Å². The van der Waals surface area contributed by atoms with Crippen LogP contribution in [0.5, 0.6) is 5.75 Å². The molecule has 4 nitrogen and oxygen atoms in total. The summed E-state index contributed by atoms with van der Waals surface area (Å²) in [7, 11) is -1.35. The van der Waals surface area contributed by atoms with Crippen LogP contribution in [0, 0.1) is 13.8 Å². The molecule has 1 saturated heterocycles. The second-order valence-electron chi connectivity index (χ2n) is 7.34. The molecule has 5 heteroatoms. The van der Waals surface area contributed by atoms with Gasteiger partial charge in [-0.15, -0.1) is 0 Å². The van der Waals surface area contributed by atoms with E-state index in [4.69, 9.17) is 4.74 Å². The largest absolute Gasteiger partial charge is 0.489 e. The molecule has 1 N–H and O–H groups in total. The molecule has 1 amide bonds. The summed E-state index contributed by atoms with van der Waals surface area (Å²) in [5.41, 5.74) is 6.96. The molecule has 0 spiro atoms. The van der Waals surface area contributed by atoms with Crippen LogP contribution in [-0.4, -0.2) is 10.1 Å². The van der Waals surface area contributed by atoms with Crippen LogP contribution in [0.25, 0.3) is 11.1 Å². The molecule has 0 aliphatic carbocycles. The Morgan fingerprint density at radius 2 is 1.69 bits per heavy atom. The maximum absolute atomic E-state index is 11.9. The topological polar surface area (TPSA) is 55.4 Å². The van der Waals surface area contributed by atoms with Gasteiger partial charge in [0.05, 0.1) is 5.25 Å². The molecule has 1 aliphatic rings. The van der Waals surface area contributed by atoms with Crippen molar-refractivity contribution in [1.82, 2.24) is 4.72 Å². The van der Waals surface area contributed by atoms with E-state index in [0.717, 1.165) is 16.9 Å². The van der Waals surface area contributed by atoms with E-state index in [2.05, 4.69) is 61.0 Å². The van der Waals surface area contributed by atoms with Crippen molar-refractivity contribution in [2.24, 2.45) is 0 Å². The summed E-state index contributed by atoms with van der Waals surface area (Å²) < 4.78 is 20.3. The minimum absolute atomic E-state index is 0.169. The van der Waals surface area contributed by atoms with E-state index in [9.17, 15) is 9.00 Å². The third-order valence-corrected chi connectivity index (χ3v) is 6.58. The number of benzene rings is 3. The van der Waals surface area contributed by atoms with E-state index in [-0.39, 0.29) is 17.6 Å². The number of ether oxygens (including phenoxy) is 1. The first-order valence-electron chi connectivity index (χ1n) is 9.59. The minimum Gasteiger partial charge on any atom is -0.489 e. The Balaban J connectivity index is 1.46. The molecule has 2 unspecified atom stereocenters. The van der Waals surface area contributed by atoms with Crippen molar-refractivity contribution < 1.29 is 13.7 Å². The summed E-state index contributed by atoms with van der Waals surface area (Å²) in [4.78, 5) is 11.4. The second kappa shape index (κ2) is 8.21. The molecule has 0 radical (unpaired) electrons. The van der Waals surface area contributed by atoms with Crippen LogP contribution in [0.2, 0.25) is 0 Å². The van der Waals surface area contributed by atoms with Crippen molar-refractivity contribution >= 4 is 16.9 Å². The first-order valence-corrected chi connectivity index (χ1v) is 10.8. The van der Waals surface area contributed by atoms with Gasteiger partial charge in [-0.05, 0) is 65.4 Å². The molecule has 1 fully saturated rings. The smallest absolute Gasteiger partial charge is 0.233 e. The second-order valence-corrected chi connectivity index (χ2v) is 8.71. The van der Waals surface area contributed by atoms with Crippen LogP contribution in [0.4, 0.5) is 0 Å². The van der Waals surface area contributed by atoms with Crippen LogP contribution in [0.3, 0.4) is 0 Å². The molecular weight excluding hydrogens is 382 g/mol. The van der Waals surface area contributed by atoms with Gasteiger partial charge in [0.25, 0.3) is 0 Å². The average Bonchev–Trinajstić information content (AvgIpc) is 3.05. The highest BCUT2D eigenvalue weighted by Crippen LogP contribution is 2.30. The van der Waals surface area contributed by atoms with Crippen molar-refractivity contribution in [3.63, 3.8) is 0 Å². The molecule has 0 saturated carbocycles. The maximum atomic E-state index is 11.9. The minimum atomic E-state index is -1.35. The van der Waals surface area contributed by atoms with Gasteiger partial charge in [0.1, 0.15) is 23.3 Å². The van der Waals surface area contributed by atoms with Crippen LogP contribution < -0.4 is 9.46 Å². The Kier molecular flexibility index (Phi) is 5.49. The van der Waals surface area contributed by atoms with Crippen LogP contribution in [0.1, 0.15) is 33.9 Å². The molecule has 29 heavy (non-hydrogen) atoms. The van der Waals surface area contributed by atoms with Gasteiger partial charge < -0.3 is 4.74 Å². The van der Waals surface area contributed by atoms with E-state index in [1.54, 1.807) is 0 Å². The molecule has 4 rings (SSSR count). The normalized spacial score (nSPS) is 18.5. The number of carbonyl (C=O) groups excluding carboxylic acids is 1. The highest BCUT2D eigenvalue weighted by molar-refractivity contribution is 7.84. The molecule has 148 valence electrons. The Morgan fingerprint density at radius 3 is 2.34 bits per heavy atom. The predicted octanol–water partition coefficient (Wildman–Crippen LogP) is 4.77. The van der Waals surface area contributed by atoms with Crippen molar-refractivity contribution in [3.8, 4) is 16.9 Å². The summed E-state index contributed by atoms with van der Waals surface area (Å²) in [6, 6.07) is 22.3. The highest BCUT2D eigenvalue weighted by Gasteiger charge is 2.30. The Hall–Kier alpha value is -2.92. The predicted molar refractivity (Wildman–Crippen MR) is 116 cm³/mol. The maximum Gasteiger partial charge on any atom is 0.233 e. The zero-order valence-corrected chi connectivity index (χ0v) is 17.3. The summed E-state index contributed by atoms with van der Waals surface area (Å²) in [5, 5.41) is -0.286. The third kappa shape index (κ3) is 4.25. The Morgan fingerprint density at radius 1 is 1.00 bits per heavy atom. The number of hydrogen-bond acceptors (Lipinski definition) is 3. The number of rotatable bonds is 5. The van der Waals surface area contributed by atoms with Gasteiger partial charge in [0.2, 0.25) is 5.91 Å². The number of aryl methyl sites for hydroxylation is 2. The van der Waals surface area contributed by atoms with Gasteiger partial charge in [-0.25, -0.2) is 4.21 Å². The number of amides is 1. The SMILES string of the molecule is Cc1cccc(C)c1-c1cccc(COc2ccc(C3CC(=O)NS3=O)cc2)c1. The lowest BCUT2D eigenvalue weighted by Crippen LogP contribution is -2.15. The third-order valence-electron chi connectivity index (χ3n) is 5.20. The van der Waals surface area contributed by atoms with Gasteiger partial charge in [-0.2, -0.15) is 0 Å². The first kappa shape index (κ1) is 19.4.